The Hall–Kier alpha value is -2.51. The van der Waals surface area contributed by atoms with E-state index in [4.69, 9.17) is 9.94 Å². The molecule has 1 aliphatic rings. The molecule has 2 aromatic carbocycles. The van der Waals surface area contributed by atoms with E-state index in [0.717, 1.165) is 26.0 Å². The zero-order chi connectivity index (χ0) is 23.5. The second-order valence-electron chi connectivity index (χ2n) is 7.42. The Bertz CT molecular complexity index is 1180. The topological polar surface area (TPSA) is 133 Å². The summed E-state index contributed by atoms with van der Waals surface area (Å²) < 4.78 is 57.6. The Labute approximate surface area is 187 Å². The number of sulfonamides is 2. The minimum absolute atomic E-state index is 0.0794. The highest BCUT2D eigenvalue weighted by Crippen LogP contribution is 2.25. The van der Waals surface area contributed by atoms with Gasteiger partial charge in [-0.2, -0.15) is 8.61 Å². The maximum absolute atomic E-state index is 13.2. The van der Waals surface area contributed by atoms with Crippen LogP contribution < -0.4 is 10.2 Å². The fourth-order valence-electron chi connectivity index (χ4n) is 3.39. The Kier molecular flexibility index (Phi) is 7.20. The predicted molar refractivity (Wildman–Crippen MR) is 116 cm³/mol. The smallest absolute Gasteiger partial charge is 0.263 e. The number of amides is 1. The van der Waals surface area contributed by atoms with Gasteiger partial charge in [0.2, 0.25) is 20.0 Å². The van der Waals surface area contributed by atoms with Gasteiger partial charge in [0.1, 0.15) is 18.4 Å². The number of nitrogens with one attached hydrogen (secondary N) is 1. The normalized spacial score (nSPS) is 18.3. The van der Waals surface area contributed by atoms with E-state index in [1.165, 1.54) is 29.7 Å². The third-order valence-corrected chi connectivity index (χ3v) is 8.45. The number of carbonyl (C=O) groups is 1. The molecule has 0 saturated carbocycles. The van der Waals surface area contributed by atoms with Gasteiger partial charge in [-0.05, 0) is 42.3 Å². The lowest BCUT2D eigenvalue weighted by atomic mass is 10.1. The van der Waals surface area contributed by atoms with Crippen LogP contribution in [0.5, 0.6) is 5.75 Å². The molecule has 2 aromatic rings. The molecular formula is C20H25N3O7S2. The average molecular weight is 484 g/mol. The molecule has 1 amide bonds. The van der Waals surface area contributed by atoms with Gasteiger partial charge in [-0.3, -0.25) is 10.0 Å². The van der Waals surface area contributed by atoms with E-state index >= 15 is 0 Å². The summed E-state index contributed by atoms with van der Waals surface area (Å²) in [5.41, 5.74) is 3.50. The first-order chi connectivity index (χ1) is 15.0. The van der Waals surface area contributed by atoms with Crippen LogP contribution in [0.15, 0.2) is 53.4 Å². The molecule has 1 saturated heterocycles. The molecule has 0 radical (unpaired) electrons. The monoisotopic (exact) mass is 483 g/mol. The summed E-state index contributed by atoms with van der Waals surface area (Å²) in [6, 6.07) is 12.1. The van der Waals surface area contributed by atoms with Gasteiger partial charge in [-0.25, -0.2) is 22.3 Å². The minimum atomic E-state index is -4.14. The summed E-state index contributed by atoms with van der Waals surface area (Å²) in [4.78, 5) is 12.0. The number of benzene rings is 2. The fourth-order valence-corrected chi connectivity index (χ4v) is 5.79. The molecule has 1 unspecified atom stereocenters. The fraction of sp³-hybridized carbons (Fsp3) is 0.350. The lowest BCUT2D eigenvalue weighted by Crippen LogP contribution is -2.60. The molecule has 1 aliphatic heterocycles. The molecular weight excluding hydrogens is 458 g/mol. The van der Waals surface area contributed by atoms with Crippen LogP contribution in [-0.2, 0) is 31.4 Å². The van der Waals surface area contributed by atoms with Gasteiger partial charge in [-0.1, -0.05) is 24.3 Å². The number of aryl methyl sites for hydroxylation is 1. The first-order valence-corrected chi connectivity index (χ1v) is 13.0. The molecule has 3 rings (SSSR count). The van der Waals surface area contributed by atoms with E-state index in [1.54, 1.807) is 0 Å². The van der Waals surface area contributed by atoms with Gasteiger partial charge in [-0.15, -0.1) is 0 Å². The second-order valence-corrected chi connectivity index (χ2v) is 11.3. The highest BCUT2D eigenvalue weighted by Gasteiger charge is 2.42. The molecule has 0 aromatic heterocycles. The quantitative estimate of drug-likeness (QED) is 0.438. The summed E-state index contributed by atoms with van der Waals surface area (Å²) in [5.74, 6) is -0.543. The van der Waals surface area contributed by atoms with Crippen molar-refractivity contribution in [3.8, 4) is 5.75 Å². The van der Waals surface area contributed by atoms with Crippen molar-refractivity contribution in [3.05, 3.63) is 59.7 Å². The van der Waals surface area contributed by atoms with Gasteiger partial charge in [0, 0.05) is 19.6 Å². The second kappa shape index (κ2) is 9.55. The van der Waals surface area contributed by atoms with Crippen LogP contribution in [-0.4, -0.2) is 68.5 Å². The minimum Gasteiger partial charge on any atom is -0.489 e. The molecule has 1 atom stereocenters. The molecule has 0 aliphatic carbocycles. The lowest BCUT2D eigenvalue weighted by Gasteiger charge is -2.38. The van der Waals surface area contributed by atoms with Crippen molar-refractivity contribution in [1.29, 1.82) is 0 Å². The largest absolute Gasteiger partial charge is 0.489 e. The van der Waals surface area contributed by atoms with E-state index < -0.39 is 38.5 Å². The number of hydroxylamine groups is 1. The summed E-state index contributed by atoms with van der Waals surface area (Å²) in [5, 5.41) is 9.03. The van der Waals surface area contributed by atoms with E-state index in [2.05, 4.69) is 0 Å². The molecule has 1 heterocycles. The van der Waals surface area contributed by atoms with Gasteiger partial charge < -0.3 is 4.74 Å². The molecule has 0 spiro atoms. The van der Waals surface area contributed by atoms with Crippen LogP contribution in [0.3, 0.4) is 0 Å². The first-order valence-electron chi connectivity index (χ1n) is 9.72. The highest BCUT2D eigenvalue weighted by molar-refractivity contribution is 7.89. The van der Waals surface area contributed by atoms with Crippen LogP contribution in [0, 0.1) is 6.92 Å². The lowest BCUT2D eigenvalue weighted by molar-refractivity contribution is -0.134. The summed E-state index contributed by atoms with van der Waals surface area (Å²) >= 11 is 0. The number of nitrogens with zero attached hydrogens (tertiary/aromatic N) is 2. The standard InChI is InChI=1S/C20H25N3O7S2/c1-15-5-3-4-6-16(15)14-30-17-7-9-18(10-8-17)32(28,29)23-12-11-22(31(2,26)27)13-19(23)20(24)21-25/h3-10,19,25H,11-14H2,1-2H3,(H,21,24). The molecule has 174 valence electrons. The number of carbonyl (C=O) groups excluding carboxylic acids is 1. The summed E-state index contributed by atoms with van der Waals surface area (Å²) in [7, 11) is -7.78. The van der Waals surface area contributed by atoms with Crippen molar-refractivity contribution < 1.29 is 31.6 Å². The van der Waals surface area contributed by atoms with Crippen molar-refractivity contribution in [1.82, 2.24) is 14.1 Å². The van der Waals surface area contributed by atoms with Crippen LogP contribution in [0.2, 0.25) is 0 Å². The van der Waals surface area contributed by atoms with Gasteiger partial charge in [0.15, 0.2) is 0 Å². The van der Waals surface area contributed by atoms with Crippen LogP contribution in [0.1, 0.15) is 11.1 Å². The van der Waals surface area contributed by atoms with Gasteiger partial charge in [0.25, 0.3) is 5.91 Å². The van der Waals surface area contributed by atoms with Crippen LogP contribution in [0.25, 0.3) is 0 Å². The third kappa shape index (κ3) is 5.27. The van der Waals surface area contributed by atoms with E-state index in [0.29, 0.717) is 12.4 Å². The van der Waals surface area contributed by atoms with E-state index in [-0.39, 0.29) is 18.0 Å². The maximum atomic E-state index is 13.2. The van der Waals surface area contributed by atoms with E-state index in [1.807, 2.05) is 31.2 Å². The number of ether oxygens (including phenoxy) is 1. The van der Waals surface area contributed by atoms with Crippen molar-refractivity contribution in [2.24, 2.45) is 0 Å². The number of rotatable bonds is 7. The highest BCUT2D eigenvalue weighted by atomic mass is 32.2. The molecule has 12 heteroatoms. The van der Waals surface area contributed by atoms with Crippen LogP contribution in [0.4, 0.5) is 0 Å². The first kappa shape index (κ1) is 24.1. The molecule has 2 N–H and O–H groups in total. The molecule has 32 heavy (non-hydrogen) atoms. The molecule has 10 nitrogen and oxygen atoms in total. The van der Waals surface area contributed by atoms with Crippen molar-refractivity contribution >= 4 is 26.0 Å². The number of hydrogen-bond acceptors (Lipinski definition) is 7. The van der Waals surface area contributed by atoms with Crippen molar-refractivity contribution in [3.63, 3.8) is 0 Å². The Balaban J connectivity index is 1.78. The summed E-state index contributed by atoms with van der Waals surface area (Å²) in [6.45, 7) is 1.55. The summed E-state index contributed by atoms with van der Waals surface area (Å²) in [6.07, 6.45) is 0.973. The van der Waals surface area contributed by atoms with E-state index in [9.17, 15) is 21.6 Å². The predicted octanol–water partition coefficient (Wildman–Crippen LogP) is 0.714. The van der Waals surface area contributed by atoms with Crippen LogP contribution >= 0.6 is 0 Å². The molecule has 1 fully saturated rings. The Morgan fingerprint density at radius 1 is 1.09 bits per heavy atom. The van der Waals surface area contributed by atoms with Crippen molar-refractivity contribution in [2.75, 3.05) is 25.9 Å². The number of piperazine rings is 1. The van der Waals surface area contributed by atoms with Gasteiger partial charge >= 0.3 is 0 Å². The average Bonchev–Trinajstić information content (AvgIpc) is 2.77. The third-order valence-electron chi connectivity index (χ3n) is 5.26. The number of hydrogen-bond donors (Lipinski definition) is 2. The molecule has 0 bridgehead atoms. The maximum Gasteiger partial charge on any atom is 0.263 e. The van der Waals surface area contributed by atoms with Crippen molar-refractivity contribution in [2.45, 2.75) is 24.5 Å². The zero-order valence-corrected chi connectivity index (χ0v) is 19.3. The zero-order valence-electron chi connectivity index (χ0n) is 17.6. The van der Waals surface area contributed by atoms with Gasteiger partial charge in [0.05, 0.1) is 11.2 Å². The Morgan fingerprint density at radius 3 is 2.34 bits per heavy atom. The SMILES string of the molecule is Cc1ccccc1COc1ccc(S(=O)(=O)N2CCN(S(C)(=O)=O)CC2C(=O)NO)cc1. The Morgan fingerprint density at radius 2 is 1.75 bits per heavy atom.